The van der Waals surface area contributed by atoms with Gasteiger partial charge in [0.1, 0.15) is 24.1 Å². The van der Waals surface area contributed by atoms with Crippen molar-refractivity contribution in [2.45, 2.75) is 12.6 Å². The normalized spacial score (nSPS) is 18.3. The molecule has 2 fully saturated rings. The SMILES string of the molecule is O=C(c1ccccc1O)N1CCN(c2c(F)cc(N3C[C@H](Cn4ncnn4)OC3=O)cc2F)CCO1. The Morgan fingerprint density at radius 3 is 2.64 bits per heavy atom. The molecule has 3 aromatic rings. The molecule has 0 aliphatic carbocycles. The number of phenols is 1. The van der Waals surface area contributed by atoms with Crippen LogP contribution in [-0.2, 0) is 16.1 Å². The van der Waals surface area contributed by atoms with Crippen molar-refractivity contribution in [3.05, 3.63) is 59.9 Å². The van der Waals surface area contributed by atoms with Crippen molar-refractivity contribution < 1.29 is 33.1 Å². The Bertz CT molecular complexity index is 1250. The van der Waals surface area contributed by atoms with Crippen LogP contribution in [0, 0.1) is 11.6 Å². The number of hydrogen-bond acceptors (Lipinski definition) is 9. The topological polar surface area (TPSA) is 126 Å². The Kier molecular flexibility index (Phi) is 6.33. The number of halogens is 2. The molecule has 36 heavy (non-hydrogen) atoms. The van der Waals surface area contributed by atoms with Crippen LogP contribution in [0.25, 0.3) is 0 Å². The van der Waals surface area contributed by atoms with Gasteiger partial charge in [-0.3, -0.25) is 14.5 Å². The van der Waals surface area contributed by atoms with Crippen molar-refractivity contribution in [2.24, 2.45) is 0 Å². The van der Waals surface area contributed by atoms with Crippen molar-refractivity contribution >= 4 is 23.4 Å². The molecule has 2 amide bonds. The van der Waals surface area contributed by atoms with E-state index in [1.165, 1.54) is 28.2 Å². The smallest absolute Gasteiger partial charge is 0.414 e. The van der Waals surface area contributed by atoms with E-state index in [2.05, 4.69) is 15.4 Å². The number of carbonyl (C=O) groups excluding carboxylic acids is 2. The predicted molar refractivity (Wildman–Crippen MR) is 119 cm³/mol. The van der Waals surface area contributed by atoms with Gasteiger partial charge in [0.15, 0.2) is 18.0 Å². The summed E-state index contributed by atoms with van der Waals surface area (Å²) in [6.45, 7) is 0.372. The highest BCUT2D eigenvalue weighted by molar-refractivity contribution is 5.96. The fourth-order valence-electron chi connectivity index (χ4n) is 4.11. The number of rotatable bonds is 5. The highest BCUT2D eigenvalue weighted by Crippen LogP contribution is 2.31. The third-order valence-corrected chi connectivity index (χ3v) is 5.80. The summed E-state index contributed by atoms with van der Waals surface area (Å²) in [6.07, 6.45) is -0.118. The number of carbonyl (C=O) groups is 2. The van der Waals surface area contributed by atoms with Crippen LogP contribution in [0.5, 0.6) is 5.75 Å². The van der Waals surface area contributed by atoms with Crippen molar-refractivity contribution in [3.63, 3.8) is 0 Å². The first-order chi connectivity index (χ1) is 17.4. The largest absolute Gasteiger partial charge is 0.507 e. The first-order valence-electron chi connectivity index (χ1n) is 11.1. The van der Waals surface area contributed by atoms with Crippen LogP contribution in [0.2, 0.25) is 0 Å². The third-order valence-electron chi connectivity index (χ3n) is 5.80. The number of tetrazole rings is 1. The van der Waals surface area contributed by atoms with E-state index >= 15 is 8.78 Å². The average Bonchev–Trinajstić information content (AvgIpc) is 3.42. The maximum absolute atomic E-state index is 15.1. The maximum atomic E-state index is 15.1. The number of hydroxylamine groups is 2. The Balaban J connectivity index is 1.28. The minimum absolute atomic E-state index is 0.00422. The van der Waals surface area contributed by atoms with Crippen molar-refractivity contribution in [1.29, 1.82) is 0 Å². The highest BCUT2D eigenvalue weighted by Gasteiger charge is 2.34. The summed E-state index contributed by atoms with van der Waals surface area (Å²) < 4.78 is 35.5. The minimum atomic E-state index is -0.875. The molecule has 14 heteroatoms. The number of para-hydroxylation sites is 1. The zero-order valence-electron chi connectivity index (χ0n) is 18.8. The molecule has 188 valence electrons. The Morgan fingerprint density at radius 2 is 1.92 bits per heavy atom. The second kappa shape index (κ2) is 9.73. The summed E-state index contributed by atoms with van der Waals surface area (Å²) in [5.74, 6) is -2.51. The van der Waals surface area contributed by atoms with E-state index in [9.17, 15) is 14.7 Å². The first kappa shape index (κ1) is 23.4. The first-order valence-corrected chi connectivity index (χ1v) is 11.1. The summed E-state index contributed by atoms with van der Waals surface area (Å²) in [5, 5.41) is 22.1. The highest BCUT2D eigenvalue weighted by atomic mass is 19.1. The number of anilines is 2. The van der Waals surface area contributed by atoms with E-state index < -0.39 is 29.7 Å². The van der Waals surface area contributed by atoms with Gasteiger partial charge in [-0.15, -0.1) is 10.2 Å². The van der Waals surface area contributed by atoms with Crippen molar-refractivity contribution in [2.75, 3.05) is 42.6 Å². The molecule has 3 heterocycles. The number of benzene rings is 2. The summed E-state index contributed by atoms with van der Waals surface area (Å²) in [6, 6.07) is 8.15. The van der Waals surface area contributed by atoms with Gasteiger partial charge in [0.25, 0.3) is 5.91 Å². The molecule has 1 aromatic heterocycles. The lowest BCUT2D eigenvalue weighted by Crippen LogP contribution is -2.35. The number of phenolic OH excluding ortho intramolecular Hbond substituents is 1. The molecule has 0 unspecified atom stereocenters. The lowest BCUT2D eigenvalue weighted by molar-refractivity contribution is -0.111. The molecule has 1 N–H and O–H groups in total. The maximum Gasteiger partial charge on any atom is 0.414 e. The molecule has 0 bridgehead atoms. The van der Waals surface area contributed by atoms with Gasteiger partial charge in [-0.25, -0.2) is 18.6 Å². The summed E-state index contributed by atoms with van der Waals surface area (Å²) >= 11 is 0. The second-order valence-corrected chi connectivity index (χ2v) is 8.11. The van der Waals surface area contributed by atoms with Crippen molar-refractivity contribution in [3.8, 4) is 5.75 Å². The quantitative estimate of drug-likeness (QED) is 0.554. The number of ether oxygens (including phenoxy) is 1. The van der Waals surface area contributed by atoms with E-state index in [0.29, 0.717) is 0 Å². The van der Waals surface area contributed by atoms with Gasteiger partial charge in [-0.05, 0) is 17.3 Å². The zero-order chi connectivity index (χ0) is 25.2. The fraction of sp³-hybridized carbons (Fsp3) is 0.318. The van der Waals surface area contributed by atoms with Crippen molar-refractivity contribution in [1.82, 2.24) is 25.3 Å². The molecule has 0 spiro atoms. The van der Waals surface area contributed by atoms with Gasteiger partial charge in [-0.2, -0.15) is 4.80 Å². The monoisotopic (exact) mass is 501 g/mol. The molecule has 2 saturated heterocycles. The van der Waals surface area contributed by atoms with Crippen LogP contribution in [0.4, 0.5) is 25.0 Å². The number of nitrogens with zero attached hydrogens (tertiary/aromatic N) is 7. The molecular formula is C22H21F2N7O5. The van der Waals surface area contributed by atoms with Crippen LogP contribution in [0.3, 0.4) is 0 Å². The van der Waals surface area contributed by atoms with Gasteiger partial charge < -0.3 is 14.7 Å². The Morgan fingerprint density at radius 1 is 1.14 bits per heavy atom. The van der Waals surface area contributed by atoms with E-state index in [-0.39, 0.29) is 62.0 Å². The third kappa shape index (κ3) is 4.62. The summed E-state index contributed by atoms with van der Waals surface area (Å²) in [7, 11) is 0. The molecule has 0 saturated carbocycles. The molecule has 2 aromatic carbocycles. The van der Waals surface area contributed by atoms with Crippen LogP contribution in [-0.4, -0.2) is 81.3 Å². The van der Waals surface area contributed by atoms with Gasteiger partial charge >= 0.3 is 6.09 Å². The average molecular weight is 501 g/mol. The molecular weight excluding hydrogens is 480 g/mol. The molecule has 2 aliphatic heterocycles. The van der Waals surface area contributed by atoms with Crippen LogP contribution >= 0.6 is 0 Å². The summed E-state index contributed by atoms with van der Waals surface area (Å²) in [4.78, 5) is 34.3. The van der Waals surface area contributed by atoms with Crippen LogP contribution in [0.15, 0.2) is 42.7 Å². The standard InChI is InChI=1S/C22H21F2N7O5/c23-17-9-14(29-11-15(36-22(29)34)12-31-26-13-25-27-31)10-18(24)20(17)28-5-6-30(35-8-7-28)21(33)16-3-1-2-4-19(16)32/h1-4,9-10,13,15,32H,5-8,11-12H2/t15-/m1/s1. The molecule has 2 aliphatic rings. The van der Waals surface area contributed by atoms with Crippen LogP contribution < -0.4 is 9.80 Å². The number of amides is 2. The lowest BCUT2D eigenvalue weighted by atomic mass is 10.2. The van der Waals surface area contributed by atoms with E-state index in [1.807, 2.05) is 0 Å². The Labute approximate surface area is 203 Å². The molecule has 5 rings (SSSR count). The van der Waals surface area contributed by atoms with Gasteiger partial charge in [0.2, 0.25) is 0 Å². The molecule has 0 radical (unpaired) electrons. The van der Waals surface area contributed by atoms with E-state index in [1.54, 1.807) is 12.1 Å². The number of aromatic hydroxyl groups is 1. The molecule has 1 atom stereocenters. The minimum Gasteiger partial charge on any atom is -0.507 e. The molecule has 12 nitrogen and oxygen atoms in total. The predicted octanol–water partition coefficient (Wildman–Crippen LogP) is 1.58. The van der Waals surface area contributed by atoms with Gasteiger partial charge in [-0.1, -0.05) is 12.1 Å². The lowest BCUT2D eigenvalue weighted by Gasteiger charge is -2.24. The number of aromatic nitrogens is 4. The zero-order valence-corrected chi connectivity index (χ0v) is 18.8. The van der Waals surface area contributed by atoms with E-state index in [0.717, 1.165) is 22.1 Å². The summed E-state index contributed by atoms with van der Waals surface area (Å²) in [5.41, 5.74) is -0.228. The van der Waals surface area contributed by atoms with Crippen LogP contribution in [0.1, 0.15) is 10.4 Å². The van der Waals surface area contributed by atoms with Gasteiger partial charge in [0, 0.05) is 25.2 Å². The fourth-order valence-corrected chi connectivity index (χ4v) is 4.11. The second-order valence-electron chi connectivity index (χ2n) is 8.11. The number of hydrogen-bond donors (Lipinski definition) is 1. The van der Waals surface area contributed by atoms with Gasteiger partial charge in [0.05, 0.1) is 30.9 Å². The Hall–Kier alpha value is -4.33. The van der Waals surface area contributed by atoms with E-state index in [4.69, 9.17) is 9.57 Å². The number of cyclic esters (lactones) is 1.